The van der Waals surface area contributed by atoms with Crippen LogP contribution < -0.4 is 10.2 Å². The zero-order valence-corrected chi connectivity index (χ0v) is 17.0. The number of carbonyl (C=O) groups is 2. The number of nitrogens with one attached hydrogen (secondary N) is 1. The molecule has 1 saturated heterocycles. The zero-order valence-electron chi connectivity index (χ0n) is 17.0. The second-order valence-corrected chi connectivity index (χ2v) is 7.69. The van der Waals surface area contributed by atoms with Gasteiger partial charge >= 0.3 is 6.18 Å². The smallest absolute Gasteiger partial charge is 0.352 e. The predicted octanol–water partition coefficient (Wildman–Crippen LogP) is 3.62. The van der Waals surface area contributed by atoms with E-state index >= 15 is 0 Å². The fourth-order valence-corrected chi connectivity index (χ4v) is 3.66. The highest BCUT2D eigenvalue weighted by atomic mass is 19.4. The molecule has 4 rings (SSSR count). The Hall–Kier alpha value is -3.62. The van der Waals surface area contributed by atoms with E-state index in [4.69, 9.17) is 0 Å². The summed E-state index contributed by atoms with van der Waals surface area (Å²) in [6.07, 6.45) is -0.945. The van der Waals surface area contributed by atoms with Gasteiger partial charge in [0, 0.05) is 37.6 Å². The molecule has 0 saturated carbocycles. The van der Waals surface area contributed by atoms with Gasteiger partial charge < -0.3 is 10.2 Å². The van der Waals surface area contributed by atoms with E-state index in [0.29, 0.717) is 13.1 Å². The van der Waals surface area contributed by atoms with Gasteiger partial charge in [-0.1, -0.05) is 30.3 Å². The first-order valence-corrected chi connectivity index (χ1v) is 10.1. The standard InChI is InChI=1S/C23H21F3N4O2/c24-23(25,26)19-3-1-4-20(12-19)30-15-18(11-21(30)31)22(32)27-13-16-5-7-17(8-6-16)14-29-10-2-9-28-29/h1-10,12,18H,11,13-15H2,(H,27,32)/t18-/m1/s1. The highest BCUT2D eigenvalue weighted by molar-refractivity contribution is 6.00. The maximum Gasteiger partial charge on any atom is 0.416 e. The normalized spacial score (nSPS) is 16.4. The van der Waals surface area contributed by atoms with Crippen LogP contribution in [0.25, 0.3) is 0 Å². The van der Waals surface area contributed by atoms with E-state index in [9.17, 15) is 22.8 Å². The molecular formula is C23H21F3N4O2. The Balaban J connectivity index is 1.33. The molecule has 3 aromatic rings. The number of alkyl halides is 3. The first-order valence-electron chi connectivity index (χ1n) is 10.1. The van der Waals surface area contributed by atoms with Gasteiger partial charge in [0.25, 0.3) is 0 Å². The van der Waals surface area contributed by atoms with Crippen LogP contribution in [0.2, 0.25) is 0 Å². The minimum Gasteiger partial charge on any atom is -0.352 e. The van der Waals surface area contributed by atoms with Crippen LogP contribution in [0, 0.1) is 5.92 Å². The SMILES string of the molecule is O=C(NCc1ccc(Cn2cccn2)cc1)[C@@H]1CC(=O)N(c2cccc(C(F)(F)F)c2)C1. The molecule has 1 aromatic heterocycles. The number of halogens is 3. The van der Waals surface area contributed by atoms with E-state index in [1.165, 1.54) is 17.0 Å². The average Bonchev–Trinajstić information content (AvgIpc) is 3.42. The van der Waals surface area contributed by atoms with Crippen molar-refractivity contribution in [3.63, 3.8) is 0 Å². The molecule has 166 valence electrons. The highest BCUT2D eigenvalue weighted by Gasteiger charge is 2.36. The minimum absolute atomic E-state index is 0.0368. The summed E-state index contributed by atoms with van der Waals surface area (Å²) in [6.45, 7) is 0.999. The molecular weight excluding hydrogens is 421 g/mol. The number of carbonyl (C=O) groups excluding carboxylic acids is 2. The highest BCUT2D eigenvalue weighted by Crippen LogP contribution is 2.33. The minimum atomic E-state index is -4.50. The lowest BCUT2D eigenvalue weighted by Gasteiger charge is -2.18. The molecule has 1 aliphatic heterocycles. The second kappa shape index (κ2) is 8.86. The van der Waals surface area contributed by atoms with E-state index in [-0.39, 0.29) is 30.5 Å². The summed E-state index contributed by atoms with van der Waals surface area (Å²) in [4.78, 5) is 26.2. The average molecular weight is 442 g/mol. The van der Waals surface area contributed by atoms with Gasteiger partial charge in [-0.2, -0.15) is 18.3 Å². The zero-order chi connectivity index (χ0) is 22.7. The lowest BCUT2D eigenvalue weighted by molar-refractivity contribution is -0.137. The van der Waals surface area contributed by atoms with Crippen LogP contribution in [-0.4, -0.2) is 28.1 Å². The Morgan fingerprint density at radius 3 is 2.53 bits per heavy atom. The molecule has 1 atom stereocenters. The van der Waals surface area contributed by atoms with Crippen molar-refractivity contribution in [1.29, 1.82) is 0 Å². The fraction of sp³-hybridized carbons (Fsp3) is 0.261. The van der Waals surface area contributed by atoms with Crippen molar-refractivity contribution in [1.82, 2.24) is 15.1 Å². The number of nitrogens with zero attached hydrogens (tertiary/aromatic N) is 3. The van der Waals surface area contributed by atoms with Crippen molar-refractivity contribution < 1.29 is 22.8 Å². The molecule has 0 spiro atoms. The van der Waals surface area contributed by atoms with Crippen molar-refractivity contribution in [3.05, 3.63) is 83.7 Å². The third-order valence-electron chi connectivity index (χ3n) is 5.37. The maximum atomic E-state index is 13.0. The van der Waals surface area contributed by atoms with Gasteiger partial charge in [0.2, 0.25) is 11.8 Å². The third-order valence-corrected chi connectivity index (χ3v) is 5.37. The molecule has 0 aliphatic carbocycles. The van der Waals surface area contributed by atoms with Crippen LogP contribution in [0.4, 0.5) is 18.9 Å². The maximum absolute atomic E-state index is 13.0. The number of anilines is 1. The Morgan fingerprint density at radius 2 is 1.84 bits per heavy atom. The molecule has 1 fully saturated rings. The Labute approximate surface area is 182 Å². The summed E-state index contributed by atoms with van der Waals surface area (Å²) in [5, 5.41) is 6.98. The van der Waals surface area contributed by atoms with Crippen LogP contribution in [0.5, 0.6) is 0 Å². The van der Waals surface area contributed by atoms with Gasteiger partial charge in [0.1, 0.15) is 0 Å². The second-order valence-electron chi connectivity index (χ2n) is 7.69. The summed E-state index contributed by atoms with van der Waals surface area (Å²) >= 11 is 0. The Bertz CT molecular complexity index is 1100. The first-order chi connectivity index (χ1) is 15.3. The van der Waals surface area contributed by atoms with E-state index in [1.807, 2.05) is 41.2 Å². The quantitative estimate of drug-likeness (QED) is 0.634. The first kappa shape index (κ1) is 21.6. The molecule has 0 bridgehead atoms. The molecule has 2 aromatic carbocycles. The van der Waals surface area contributed by atoms with Gasteiger partial charge in [0.15, 0.2) is 0 Å². The third kappa shape index (κ3) is 4.99. The lowest BCUT2D eigenvalue weighted by atomic mass is 10.1. The summed E-state index contributed by atoms with van der Waals surface area (Å²) < 4.78 is 40.7. The fourth-order valence-electron chi connectivity index (χ4n) is 3.66. The summed E-state index contributed by atoms with van der Waals surface area (Å²) in [5.41, 5.74) is 1.29. The van der Waals surface area contributed by atoms with Gasteiger partial charge in [-0.15, -0.1) is 0 Å². The molecule has 2 heterocycles. The van der Waals surface area contributed by atoms with Crippen molar-refractivity contribution >= 4 is 17.5 Å². The number of aromatic nitrogens is 2. The molecule has 0 radical (unpaired) electrons. The Morgan fingerprint density at radius 1 is 1.09 bits per heavy atom. The number of rotatable bonds is 6. The van der Waals surface area contributed by atoms with Gasteiger partial charge in [-0.3, -0.25) is 14.3 Å². The van der Waals surface area contributed by atoms with Crippen molar-refractivity contribution in [3.8, 4) is 0 Å². The number of hydrogen-bond acceptors (Lipinski definition) is 3. The molecule has 1 aliphatic rings. The molecule has 2 amide bonds. The van der Waals surface area contributed by atoms with Crippen LogP contribution in [0.1, 0.15) is 23.1 Å². The van der Waals surface area contributed by atoms with Crippen molar-refractivity contribution in [2.24, 2.45) is 5.92 Å². The van der Waals surface area contributed by atoms with E-state index in [2.05, 4.69) is 10.4 Å². The molecule has 6 nitrogen and oxygen atoms in total. The molecule has 32 heavy (non-hydrogen) atoms. The summed E-state index contributed by atoms with van der Waals surface area (Å²) in [5.74, 6) is -1.28. The van der Waals surface area contributed by atoms with Crippen LogP contribution in [0.3, 0.4) is 0 Å². The Kier molecular flexibility index (Phi) is 5.98. The largest absolute Gasteiger partial charge is 0.416 e. The van der Waals surface area contributed by atoms with Crippen LogP contribution >= 0.6 is 0 Å². The van der Waals surface area contributed by atoms with Gasteiger partial charge in [-0.25, -0.2) is 0 Å². The number of hydrogen-bond donors (Lipinski definition) is 1. The molecule has 9 heteroatoms. The van der Waals surface area contributed by atoms with E-state index in [1.54, 1.807) is 6.20 Å². The van der Waals surface area contributed by atoms with E-state index < -0.39 is 17.7 Å². The summed E-state index contributed by atoms with van der Waals surface area (Å²) in [6, 6.07) is 14.2. The number of benzene rings is 2. The van der Waals surface area contributed by atoms with Gasteiger partial charge in [0.05, 0.1) is 18.0 Å². The topological polar surface area (TPSA) is 67.2 Å². The molecule has 1 N–H and O–H groups in total. The lowest BCUT2D eigenvalue weighted by Crippen LogP contribution is -2.32. The van der Waals surface area contributed by atoms with Crippen LogP contribution in [0.15, 0.2) is 67.0 Å². The predicted molar refractivity (Wildman–Crippen MR) is 112 cm³/mol. The van der Waals surface area contributed by atoms with Crippen molar-refractivity contribution in [2.75, 3.05) is 11.4 Å². The number of amides is 2. The van der Waals surface area contributed by atoms with Gasteiger partial charge in [-0.05, 0) is 35.4 Å². The molecule has 0 unspecified atom stereocenters. The van der Waals surface area contributed by atoms with Crippen molar-refractivity contribution in [2.45, 2.75) is 25.7 Å². The summed E-state index contributed by atoms with van der Waals surface area (Å²) in [7, 11) is 0. The monoisotopic (exact) mass is 442 g/mol. The van der Waals surface area contributed by atoms with Crippen LogP contribution in [-0.2, 0) is 28.9 Å². The van der Waals surface area contributed by atoms with E-state index in [0.717, 1.165) is 23.3 Å².